The van der Waals surface area contributed by atoms with Gasteiger partial charge in [-0.3, -0.25) is 9.11 Å². The molecule has 0 spiro atoms. The van der Waals surface area contributed by atoms with E-state index in [1.165, 1.54) is 0 Å². The van der Waals surface area contributed by atoms with Crippen molar-refractivity contribution in [3.8, 4) is 0 Å². The number of morpholine rings is 1. The molecular formula is C12H26NO7S2+. The van der Waals surface area contributed by atoms with Crippen LogP contribution in [0.3, 0.4) is 0 Å². The molecule has 0 saturated carbocycles. The monoisotopic (exact) mass is 360 g/mol. The zero-order chi connectivity index (χ0) is 16.7. The number of unbranched alkanes of at least 4 members (excludes halogenated alkanes) is 2. The first kappa shape index (κ1) is 19.8. The van der Waals surface area contributed by atoms with Gasteiger partial charge in [-0.15, -0.1) is 0 Å². The average molecular weight is 360 g/mol. The predicted molar refractivity (Wildman–Crippen MR) is 81.8 cm³/mol. The molecule has 2 N–H and O–H groups in total. The highest BCUT2D eigenvalue weighted by Gasteiger charge is 2.29. The summed E-state index contributed by atoms with van der Waals surface area (Å²) in [7, 11) is -7.82. The molecule has 0 aliphatic carbocycles. The predicted octanol–water partition coefficient (Wildman–Crippen LogP) is 0.169. The van der Waals surface area contributed by atoms with Crippen LogP contribution >= 0.6 is 0 Å². The summed E-state index contributed by atoms with van der Waals surface area (Å²) in [5.41, 5.74) is 0. The lowest BCUT2D eigenvalue weighted by Crippen LogP contribution is -2.56. The molecule has 0 amide bonds. The lowest BCUT2D eigenvalue weighted by Gasteiger charge is -2.41. The third kappa shape index (κ3) is 9.01. The van der Waals surface area contributed by atoms with Crippen LogP contribution in [0.4, 0.5) is 0 Å². The van der Waals surface area contributed by atoms with Crippen LogP contribution < -0.4 is 0 Å². The topological polar surface area (TPSA) is 118 Å². The summed E-state index contributed by atoms with van der Waals surface area (Å²) in [5, 5.41) is 0. The van der Waals surface area contributed by atoms with Crippen LogP contribution in [0, 0.1) is 0 Å². The first-order valence-corrected chi connectivity index (χ1v) is 10.7. The quantitative estimate of drug-likeness (QED) is 0.324. The zero-order valence-corrected chi connectivity index (χ0v) is 14.3. The SMILES string of the molecule is O=S(=O)(O)CCCC[N+]1(CCCCS(=O)(=O)O)CCOCC1. The number of nitrogens with zero attached hydrogens (tertiary/aromatic N) is 1. The van der Waals surface area contributed by atoms with Crippen molar-refractivity contribution in [2.75, 3.05) is 50.9 Å². The maximum Gasteiger partial charge on any atom is 0.264 e. The molecule has 0 aromatic heterocycles. The standard InChI is InChI=1S/C12H25NO7S2/c14-21(15,16)11-3-1-5-13(7-9-20-10-8-13)6-2-4-12-22(17,18)19/h1-12H2,(H-,14,15,16,17,18,19)/p+1. The van der Waals surface area contributed by atoms with Crippen LogP contribution in [0.15, 0.2) is 0 Å². The molecule has 0 radical (unpaired) electrons. The highest BCUT2D eigenvalue weighted by Crippen LogP contribution is 2.16. The van der Waals surface area contributed by atoms with Gasteiger partial charge in [0.2, 0.25) is 0 Å². The molecule has 10 heteroatoms. The van der Waals surface area contributed by atoms with Crippen LogP contribution in [0.25, 0.3) is 0 Å². The minimum atomic E-state index is -3.91. The van der Waals surface area contributed by atoms with Crippen molar-refractivity contribution in [1.29, 1.82) is 0 Å². The number of rotatable bonds is 10. The minimum Gasteiger partial charge on any atom is -0.370 e. The Hall–Kier alpha value is -0.260. The van der Waals surface area contributed by atoms with Crippen molar-refractivity contribution in [1.82, 2.24) is 0 Å². The molecule has 132 valence electrons. The Labute approximate surface area is 132 Å². The summed E-state index contributed by atoms with van der Waals surface area (Å²) in [6, 6.07) is 0. The van der Waals surface area contributed by atoms with Gasteiger partial charge in [-0.2, -0.15) is 16.8 Å². The minimum absolute atomic E-state index is 0.230. The maximum atomic E-state index is 10.7. The summed E-state index contributed by atoms with van der Waals surface area (Å²) in [4.78, 5) is 0. The molecular weight excluding hydrogens is 334 g/mol. The molecule has 1 saturated heterocycles. The van der Waals surface area contributed by atoms with Gasteiger partial charge in [0.25, 0.3) is 20.2 Å². The lowest BCUT2D eigenvalue weighted by atomic mass is 10.2. The van der Waals surface area contributed by atoms with E-state index in [-0.39, 0.29) is 11.5 Å². The Morgan fingerprint density at radius 1 is 0.773 bits per heavy atom. The lowest BCUT2D eigenvalue weighted by molar-refractivity contribution is -0.935. The van der Waals surface area contributed by atoms with Crippen molar-refractivity contribution in [2.24, 2.45) is 0 Å². The van der Waals surface area contributed by atoms with Gasteiger partial charge in [0.05, 0.1) is 37.8 Å². The highest BCUT2D eigenvalue weighted by atomic mass is 32.2. The molecule has 0 atom stereocenters. The van der Waals surface area contributed by atoms with Gasteiger partial charge in [0.15, 0.2) is 0 Å². The maximum absolute atomic E-state index is 10.7. The largest absolute Gasteiger partial charge is 0.370 e. The third-order valence-electron chi connectivity index (χ3n) is 3.99. The van der Waals surface area contributed by atoms with E-state index < -0.39 is 20.2 Å². The number of hydrogen-bond donors (Lipinski definition) is 2. The molecule has 1 rings (SSSR count). The van der Waals surface area contributed by atoms with E-state index in [2.05, 4.69) is 0 Å². The molecule has 1 aliphatic heterocycles. The van der Waals surface area contributed by atoms with Crippen LogP contribution in [-0.4, -0.2) is 81.3 Å². The van der Waals surface area contributed by atoms with Crippen molar-refractivity contribution in [3.05, 3.63) is 0 Å². The fraction of sp³-hybridized carbons (Fsp3) is 1.00. The number of ether oxygens (including phenoxy) is 1. The van der Waals surface area contributed by atoms with Gasteiger partial charge in [0, 0.05) is 0 Å². The van der Waals surface area contributed by atoms with Gasteiger partial charge in [-0.1, -0.05) is 0 Å². The fourth-order valence-electron chi connectivity index (χ4n) is 2.75. The molecule has 0 aromatic carbocycles. The second-order valence-electron chi connectivity index (χ2n) is 5.83. The molecule has 0 bridgehead atoms. The fourth-order valence-corrected chi connectivity index (χ4v) is 3.89. The molecule has 22 heavy (non-hydrogen) atoms. The van der Waals surface area contributed by atoms with E-state index in [1.807, 2.05) is 0 Å². The third-order valence-corrected chi connectivity index (χ3v) is 5.60. The normalized spacial score (nSPS) is 19.2. The molecule has 1 fully saturated rings. The number of quaternary nitrogens is 1. The van der Waals surface area contributed by atoms with E-state index in [4.69, 9.17) is 13.8 Å². The van der Waals surface area contributed by atoms with E-state index in [1.54, 1.807) is 0 Å². The van der Waals surface area contributed by atoms with E-state index in [0.29, 0.717) is 38.9 Å². The summed E-state index contributed by atoms with van der Waals surface area (Å²) in [6.07, 6.45) is 2.17. The van der Waals surface area contributed by atoms with Crippen molar-refractivity contribution in [2.45, 2.75) is 25.7 Å². The van der Waals surface area contributed by atoms with Gasteiger partial charge in [0.1, 0.15) is 13.1 Å². The van der Waals surface area contributed by atoms with Gasteiger partial charge < -0.3 is 9.22 Å². The molecule has 1 heterocycles. The Morgan fingerprint density at radius 2 is 1.18 bits per heavy atom. The van der Waals surface area contributed by atoms with Crippen molar-refractivity contribution < 1.29 is 35.2 Å². The summed E-state index contributed by atoms with van der Waals surface area (Å²) in [5.74, 6) is -0.460. The first-order valence-electron chi connectivity index (χ1n) is 7.45. The average Bonchev–Trinajstić information content (AvgIpc) is 2.39. The van der Waals surface area contributed by atoms with Gasteiger partial charge in [-0.25, -0.2) is 0 Å². The Balaban J connectivity index is 2.40. The summed E-state index contributed by atoms with van der Waals surface area (Å²) in [6.45, 7) is 4.47. The van der Waals surface area contributed by atoms with Gasteiger partial charge in [-0.05, 0) is 25.7 Å². The smallest absolute Gasteiger partial charge is 0.264 e. The molecule has 0 unspecified atom stereocenters. The van der Waals surface area contributed by atoms with Crippen molar-refractivity contribution >= 4 is 20.2 Å². The van der Waals surface area contributed by atoms with Crippen LogP contribution in [0.2, 0.25) is 0 Å². The van der Waals surface area contributed by atoms with E-state index in [9.17, 15) is 16.8 Å². The molecule has 1 aliphatic rings. The second kappa shape index (κ2) is 8.55. The molecule has 0 aromatic rings. The Kier molecular flexibility index (Phi) is 7.69. The molecule has 8 nitrogen and oxygen atoms in total. The second-order valence-corrected chi connectivity index (χ2v) is 8.98. The van der Waals surface area contributed by atoms with Crippen LogP contribution in [0.5, 0.6) is 0 Å². The van der Waals surface area contributed by atoms with Crippen LogP contribution in [-0.2, 0) is 25.0 Å². The van der Waals surface area contributed by atoms with Gasteiger partial charge >= 0.3 is 0 Å². The Bertz CT molecular complexity index is 482. The van der Waals surface area contributed by atoms with Crippen LogP contribution in [0.1, 0.15) is 25.7 Å². The first-order chi connectivity index (χ1) is 10.1. The van der Waals surface area contributed by atoms with E-state index >= 15 is 0 Å². The van der Waals surface area contributed by atoms with E-state index in [0.717, 1.165) is 30.7 Å². The highest BCUT2D eigenvalue weighted by molar-refractivity contribution is 7.86. The van der Waals surface area contributed by atoms with Crippen molar-refractivity contribution in [3.63, 3.8) is 0 Å². The zero-order valence-electron chi connectivity index (χ0n) is 12.7. The summed E-state index contributed by atoms with van der Waals surface area (Å²) < 4.78 is 66.5. The summed E-state index contributed by atoms with van der Waals surface area (Å²) >= 11 is 0. The number of hydrogen-bond acceptors (Lipinski definition) is 5. The Morgan fingerprint density at radius 3 is 1.55 bits per heavy atom.